The van der Waals surface area contributed by atoms with Crippen molar-refractivity contribution in [1.29, 1.82) is 0 Å². The number of pyridine rings is 1. The number of nitrogens with one attached hydrogen (secondary N) is 1. The molecule has 0 fully saturated rings. The van der Waals surface area contributed by atoms with Crippen LogP contribution in [0.5, 0.6) is 0 Å². The van der Waals surface area contributed by atoms with Gasteiger partial charge in [0.1, 0.15) is 5.69 Å². The fraction of sp³-hybridized carbons (Fsp3) is 0.143. The van der Waals surface area contributed by atoms with Crippen LogP contribution in [0.2, 0.25) is 0 Å². The second-order valence-electron chi connectivity index (χ2n) is 4.46. The zero-order valence-corrected chi connectivity index (χ0v) is 11.5. The summed E-state index contributed by atoms with van der Waals surface area (Å²) in [7, 11) is 1.63. The average Bonchev–Trinajstić information content (AvgIpc) is 2.81. The van der Waals surface area contributed by atoms with Crippen LogP contribution < -0.4 is 5.32 Å². The zero-order valence-electron chi connectivity index (χ0n) is 11.5. The maximum Gasteiger partial charge on any atom is 0.337 e. The van der Waals surface area contributed by atoms with Gasteiger partial charge in [0, 0.05) is 25.0 Å². The molecule has 0 atom stereocenters. The number of carboxylic acid groups (broad SMARTS) is 1. The van der Waals surface area contributed by atoms with E-state index in [0.717, 1.165) is 0 Å². The minimum atomic E-state index is -1.16. The van der Waals surface area contributed by atoms with E-state index in [1.54, 1.807) is 13.2 Å². The number of aromatic nitrogens is 2. The lowest BCUT2D eigenvalue weighted by molar-refractivity contribution is 0.0697. The van der Waals surface area contributed by atoms with Crippen molar-refractivity contribution in [3.63, 3.8) is 0 Å². The number of rotatable bonds is 4. The van der Waals surface area contributed by atoms with Crippen LogP contribution in [0.15, 0.2) is 30.7 Å². The Kier molecular flexibility index (Phi) is 3.84. The number of anilines is 1. The summed E-state index contributed by atoms with van der Waals surface area (Å²) in [4.78, 5) is 38.3. The Morgan fingerprint density at radius 1 is 1.33 bits per heavy atom. The Balaban J connectivity index is 2.31. The van der Waals surface area contributed by atoms with Crippen LogP contribution in [0.4, 0.5) is 5.69 Å². The quantitative estimate of drug-likeness (QED) is 0.831. The summed E-state index contributed by atoms with van der Waals surface area (Å²) in [6.45, 7) is 1.40. The third kappa shape index (κ3) is 2.97. The van der Waals surface area contributed by atoms with E-state index in [9.17, 15) is 14.4 Å². The van der Waals surface area contributed by atoms with Crippen LogP contribution in [-0.2, 0) is 7.05 Å². The predicted octanol–water partition coefficient (Wildman–Crippen LogP) is 1.57. The Labute approximate surface area is 120 Å². The standard InChI is InChI=1S/C14H13N3O4/c1-8(18)9-5-12(17(2)7-9)13(19)16-11-6-15-4-3-10(11)14(20)21/h3-7H,1-2H3,(H,16,19)(H,20,21). The van der Waals surface area contributed by atoms with Crippen LogP contribution in [0.1, 0.15) is 38.1 Å². The largest absolute Gasteiger partial charge is 0.478 e. The van der Waals surface area contributed by atoms with E-state index in [0.29, 0.717) is 5.56 Å². The van der Waals surface area contributed by atoms with Crippen molar-refractivity contribution in [2.24, 2.45) is 7.05 Å². The Hall–Kier alpha value is -2.96. The molecule has 0 radical (unpaired) electrons. The summed E-state index contributed by atoms with van der Waals surface area (Å²) in [5.41, 5.74) is 0.701. The van der Waals surface area contributed by atoms with Crippen molar-refractivity contribution >= 4 is 23.3 Å². The zero-order chi connectivity index (χ0) is 15.6. The average molecular weight is 287 g/mol. The first-order valence-electron chi connectivity index (χ1n) is 6.06. The van der Waals surface area contributed by atoms with Gasteiger partial charge in [0.25, 0.3) is 5.91 Å². The topological polar surface area (TPSA) is 101 Å². The highest BCUT2D eigenvalue weighted by Gasteiger charge is 2.17. The van der Waals surface area contributed by atoms with Crippen molar-refractivity contribution in [3.8, 4) is 0 Å². The van der Waals surface area contributed by atoms with E-state index in [-0.39, 0.29) is 22.7 Å². The maximum absolute atomic E-state index is 12.2. The number of carbonyl (C=O) groups is 3. The SMILES string of the molecule is CC(=O)c1cc(C(=O)Nc2cnccc2C(=O)O)n(C)c1. The number of amides is 1. The normalized spacial score (nSPS) is 10.2. The molecule has 1 amide bonds. The van der Waals surface area contributed by atoms with Crippen LogP contribution in [0.3, 0.4) is 0 Å². The fourth-order valence-electron chi connectivity index (χ4n) is 1.85. The van der Waals surface area contributed by atoms with Crippen LogP contribution >= 0.6 is 0 Å². The Morgan fingerprint density at radius 3 is 2.62 bits per heavy atom. The molecule has 0 aliphatic carbocycles. The third-order valence-corrected chi connectivity index (χ3v) is 2.94. The van der Waals surface area contributed by atoms with Gasteiger partial charge in [0.05, 0.1) is 17.4 Å². The molecule has 0 aromatic carbocycles. The second kappa shape index (κ2) is 5.58. The van der Waals surface area contributed by atoms with Crippen LogP contribution in [0, 0.1) is 0 Å². The molecule has 0 unspecified atom stereocenters. The molecule has 21 heavy (non-hydrogen) atoms. The fourth-order valence-corrected chi connectivity index (χ4v) is 1.85. The number of hydrogen-bond acceptors (Lipinski definition) is 4. The number of Topliss-reactive ketones (excluding diaryl/α,β-unsaturated/α-hetero) is 1. The lowest BCUT2D eigenvalue weighted by Crippen LogP contribution is -2.17. The van der Waals surface area contributed by atoms with Gasteiger partial charge in [-0.15, -0.1) is 0 Å². The van der Waals surface area contributed by atoms with E-state index in [1.807, 2.05) is 0 Å². The molecule has 7 heteroatoms. The first-order valence-corrected chi connectivity index (χ1v) is 6.06. The molecule has 2 aromatic heterocycles. The Bertz CT molecular complexity index is 734. The molecular weight excluding hydrogens is 274 g/mol. The maximum atomic E-state index is 12.2. The summed E-state index contributed by atoms with van der Waals surface area (Å²) in [5, 5.41) is 11.5. The van der Waals surface area contributed by atoms with E-state index in [2.05, 4.69) is 10.3 Å². The van der Waals surface area contributed by atoms with E-state index in [4.69, 9.17) is 5.11 Å². The van der Waals surface area contributed by atoms with Crippen LogP contribution in [0.25, 0.3) is 0 Å². The molecule has 2 aromatic rings. The molecule has 2 heterocycles. The van der Waals surface area contributed by atoms with Crippen molar-refractivity contribution in [1.82, 2.24) is 9.55 Å². The summed E-state index contributed by atoms with van der Waals surface area (Å²) in [6.07, 6.45) is 4.13. The number of aromatic carboxylic acids is 1. The highest BCUT2D eigenvalue weighted by molar-refractivity contribution is 6.08. The van der Waals surface area contributed by atoms with E-state index < -0.39 is 11.9 Å². The number of ketones is 1. The van der Waals surface area contributed by atoms with Crippen molar-refractivity contribution in [3.05, 3.63) is 47.5 Å². The van der Waals surface area contributed by atoms with Gasteiger partial charge in [-0.05, 0) is 19.1 Å². The highest BCUT2D eigenvalue weighted by atomic mass is 16.4. The lowest BCUT2D eigenvalue weighted by atomic mass is 10.2. The van der Waals surface area contributed by atoms with Crippen molar-refractivity contribution in [2.75, 3.05) is 5.32 Å². The second-order valence-corrected chi connectivity index (χ2v) is 4.46. The van der Waals surface area contributed by atoms with Gasteiger partial charge in [-0.3, -0.25) is 14.6 Å². The summed E-state index contributed by atoms with van der Waals surface area (Å²) in [5.74, 6) is -1.83. The molecule has 108 valence electrons. The molecule has 0 aliphatic heterocycles. The third-order valence-electron chi connectivity index (χ3n) is 2.94. The lowest BCUT2D eigenvalue weighted by Gasteiger charge is -2.08. The van der Waals surface area contributed by atoms with Gasteiger partial charge in [-0.1, -0.05) is 0 Å². The van der Waals surface area contributed by atoms with Crippen molar-refractivity contribution in [2.45, 2.75) is 6.92 Å². The number of aryl methyl sites for hydroxylation is 1. The smallest absolute Gasteiger partial charge is 0.337 e. The molecule has 2 N–H and O–H groups in total. The van der Waals surface area contributed by atoms with Gasteiger partial charge >= 0.3 is 5.97 Å². The monoisotopic (exact) mass is 287 g/mol. The number of nitrogens with zero attached hydrogens (tertiary/aromatic N) is 2. The van der Waals surface area contributed by atoms with Gasteiger partial charge in [0.2, 0.25) is 0 Å². The summed E-state index contributed by atoms with van der Waals surface area (Å²) in [6, 6.07) is 2.75. The molecule has 2 rings (SSSR count). The van der Waals surface area contributed by atoms with Gasteiger partial charge in [0.15, 0.2) is 5.78 Å². The van der Waals surface area contributed by atoms with E-state index in [1.165, 1.54) is 36.0 Å². The number of hydrogen-bond donors (Lipinski definition) is 2. The number of carbonyl (C=O) groups excluding carboxylic acids is 2. The number of carboxylic acids is 1. The molecule has 7 nitrogen and oxygen atoms in total. The van der Waals surface area contributed by atoms with E-state index >= 15 is 0 Å². The first-order chi connectivity index (χ1) is 9.90. The predicted molar refractivity (Wildman–Crippen MR) is 74.6 cm³/mol. The molecule has 0 aliphatic rings. The molecule has 0 saturated carbocycles. The van der Waals surface area contributed by atoms with Crippen molar-refractivity contribution < 1.29 is 19.5 Å². The first kappa shape index (κ1) is 14.4. The van der Waals surface area contributed by atoms with Crippen LogP contribution in [-0.4, -0.2) is 32.3 Å². The minimum Gasteiger partial charge on any atom is -0.478 e. The summed E-state index contributed by atoms with van der Waals surface area (Å²) < 4.78 is 1.50. The molecule has 0 bridgehead atoms. The molecule has 0 saturated heterocycles. The van der Waals surface area contributed by atoms with Gasteiger partial charge in [-0.2, -0.15) is 0 Å². The highest BCUT2D eigenvalue weighted by Crippen LogP contribution is 2.16. The molecular formula is C14H13N3O4. The Morgan fingerprint density at radius 2 is 2.05 bits per heavy atom. The minimum absolute atomic E-state index is 0.0562. The summed E-state index contributed by atoms with van der Waals surface area (Å²) >= 11 is 0. The van der Waals surface area contributed by atoms with Gasteiger partial charge in [-0.25, -0.2) is 4.79 Å². The van der Waals surface area contributed by atoms with Gasteiger partial charge < -0.3 is 15.0 Å². The molecule has 0 spiro atoms.